The molecule has 0 fully saturated rings. The lowest BCUT2D eigenvalue weighted by molar-refractivity contribution is 0.290. The number of allylic oxidation sites excluding steroid dienone is 1. The molecule has 1 aromatic carbocycles. The summed E-state index contributed by atoms with van der Waals surface area (Å²) in [5.74, 6) is 0. The van der Waals surface area contributed by atoms with E-state index in [2.05, 4.69) is 6.58 Å². The number of benzene rings is 1. The van der Waals surface area contributed by atoms with Crippen LogP contribution in [0.2, 0.25) is 5.02 Å². The van der Waals surface area contributed by atoms with Crippen LogP contribution in [0.4, 0.5) is 0 Å². The van der Waals surface area contributed by atoms with Gasteiger partial charge in [0.1, 0.15) is 0 Å². The molecule has 76 valence electrons. The average molecular weight is 211 g/mol. The van der Waals surface area contributed by atoms with Gasteiger partial charge in [-0.2, -0.15) is 0 Å². The SMILES string of the molecule is C=C(CCCO)c1cc(Cl)ccc1C. The molecule has 0 amide bonds. The first-order valence-electron chi connectivity index (χ1n) is 4.70. The Bertz CT molecular complexity index is 331. The van der Waals surface area contributed by atoms with Gasteiger partial charge in [-0.1, -0.05) is 24.2 Å². The van der Waals surface area contributed by atoms with Gasteiger partial charge in [0, 0.05) is 11.6 Å². The number of halogens is 1. The van der Waals surface area contributed by atoms with E-state index in [9.17, 15) is 0 Å². The molecule has 0 radical (unpaired) electrons. The Morgan fingerprint density at radius 1 is 1.50 bits per heavy atom. The maximum absolute atomic E-state index is 8.72. The molecule has 0 unspecified atom stereocenters. The molecule has 14 heavy (non-hydrogen) atoms. The van der Waals surface area contributed by atoms with Gasteiger partial charge in [0.15, 0.2) is 0 Å². The number of aliphatic hydroxyl groups is 1. The van der Waals surface area contributed by atoms with Crippen molar-refractivity contribution < 1.29 is 5.11 Å². The minimum atomic E-state index is 0.207. The highest BCUT2D eigenvalue weighted by molar-refractivity contribution is 6.30. The van der Waals surface area contributed by atoms with Crippen LogP contribution in [0, 0.1) is 6.92 Å². The van der Waals surface area contributed by atoms with Crippen LogP contribution >= 0.6 is 11.6 Å². The van der Waals surface area contributed by atoms with E-state index < -0.39 is 0 Å². The van der Waals surface area contributed by atoms with Crippen LogP contribution in [0.1, 0.15) is 24.0 Å². The molecule has 2 heteroatoms. The second-order valence-corrected chi connectivity index (χ2v) is 3.83. The predicted octanol–water partition coefficient (Wildman–Crippen LogP) is 3.43. The average Bonchev–Trinajstić information content (AvgIpc) is 2.18. The molecular weight excluding hydrogens is 196 g/mol. The summed E-state index contributed by atoms with van der Waals surface area (Å²) in [6, 6.07) is 5.79. The van der Waals surface area contributed by atoms with Crippen molar-refractivity contribution in [3.8, 4) is 0 Å². The Hall–Kier alpha value is -0.790. The maximum atomic E-state index is 8.72. The molecule has 0 heterocycles. The van der Waals surface area contributed by atoms with Gasteiger partial charge in [0.05, 0.1) is 0 Å². The lowest BCUT2D eigenvalue weighted by atomic mass is 9.98. The fraction of sp³-hybridized carbons (Fsp3) is 0.333. The molecular formula is C12H15ClO. The summed E-state index contributed by atoms with van der Waals surface area (Å²) in [5.41, 5.74) is 3.32. The summed E-state index contributed by atoms with van der Waals surface area (Å²) >= 11 is 5.90. The topological polar surface area (TPSA) is 20.2 Å². The Balaban J connectivity index is 2.83. The van der Waals surface area contributed by atoms with Crippen LogP contribution in [0.3, 0.4) is 0 Å². The number of aliphatic hydroxyl groups excluding tert-OH is 1. The second-order valence-electron chi connectivity index (χ2n) is 3.39. The zero-order valence-electron chi connectivity index (χ0n) is 8.39. The van der Waals surface area contributed by atoms with E-state index in [1.807, 2.05) is 25.1 Å². The summed E-state index contributed by atoms with van der Waals surface area (Å²) in [6.07, 6.45) is 1.57. The highest BCUT2D eigenvalue weighted by atomic mass is 35.5. The Morgan fingerprint density at radius 2 is 2.21 bits per heavy atom. The van der Waals surface area contributed by atoms with E-state index in [0.29, 0.717) is 0 Å². The molecule has 0 aliphatic rings. The summed E-state index contributed by atoms with van der Waals surface area (Å²) in [7, 11) is 0. The third kappa shape index (κ3) is 2.86. The summed E-state index contributed by atoms with van der Waals surface area (Å²) in [6.45, 7) is 6.24. The highest BCUT2D eigenvalue weighted by Crippen LogP contribution is 2.24. The van der Waals surface area contributed by atoms with E-state index in [4.69, 9.17) is 16.7 Å². The highest BCUT2D eigenvalue weighted by Gasteiger charge is 2.03. The molecule has 0 bridgehead atoms. The van der Waals surface area contributed by atoms with Crippen molar-refractivity contribution in [1.29, 1.82) is 0 Å². The minimum absolute atomic E-state index is 0.207. The van der Waals surface area contributed by atoms with Gasteiger partial charge >= 0.3 is 0 Å². The zero-order valence-corrected chi connectivity index (χ0v) is 9.14. The lowest BCUT2D eigenvalue weighted by Crippen LogP contribution is -1.90. The van der Waals surface area contributed by atoms with Gasteiger partial charge in [-0.05, 0) is 48.6 Å². The first kappa shape index (κ1) is 11.3. The molecule has 0 aliphatic carbocycles. The van der Waals surface area contributed by atoms with Gasteiger partial charge in [-0.25, -0.2) is 0 Å². The molecule has 0 aromatic heterocycles. The first-order chi connectivity index (χ1) is 6.65. The van der Waals surface area contributed by atoms with Gasteiger partial charge in [0.25, 0.3) is 0 Å². The molecule has 0 aliphatic heterocycles. The van der Waals surface area contributed by atoms with Crippen molar-refractivity contribution in [3.63, 3.8) is 0 Å². The largest absolute Gasteiger partial charge is 0.396 e. The van der Waals surface area contributed by atoms with E-state index in [-0.39, 0.29) is 6.61 Å². The lowest BCUT2D eigenvalue weighted by Gasteiger charge is -2.08. The third-order valence-electron chi connectivity index (χ3n) is 2.22. The van der Waals surface area contributed by atoms with Crippen molar-refractivity contribution in [2.24, 2.45) is 0 Å². The Labute approximate surface area is 90.0 Å². The molecule has 0 saturated heterocycles. The van der Waals surface area contributed by atoms with Crippen molar-refractivity contribution in [3.05, 3.63) is 40.9 Å². The van der Waals surface area contributed by atoms with Crippen LogP contribution in [0.15, 0.2) is 24.8 Å². The molecule has 0 spiro atoms. The molecule has 1 rings (SSSR count). The van der Waals surface area contributed by atoms with Crippen LogP contribution < -0.4 is 0 Å². The van der Waals surface area contributed by atoms with Gasteiger partial charge < -0.3 is 5.11 Å². The molecule has 0 saturated carbocycles. The minimum Gasteiger partial charge on any atom is -0.396 e. The fourth-order valence-electron chi connectivity index (χ4n) is 1.40. The fourth-order valence-corrected chi connectivity index (χ4v) is 1.57. The van der Waals surface area contributed by atoms with Crippen molar-refractivity contribution >= 4 is 17.2 Å². The van der Waals surface area contributed by atoms with Crippen LogP contribution in [0.5, 0.6) is 0 Å². The van der Waals surface area contributed by atoms with Gasteiger partial charge in [0.2, 0.25) is 0 Å². The van der Waals surface area contributed by atoms with Gasteiger partial charge in [-0.3, -0.25) is 0 Å². The number of hydrogen-bond acceptors (Lipinski definition) is 1. The standard InChI is InChI=1S/C12H15ClO/c1-9(4-3-7-14)12-8-11(13)6-5-10(12)2/h5-6,8,14H,1,3-4,7H2,2H3. The van der Waals surface area contributed by atoms with E-state index in [1.165, 1.54) is 5.56 Å². The summed E-state index contributed by atoms with van der Waals surface area (Å²) in [4.78, 5) is 0. The summed E-state index contributed by atoms with van der Waals surface area (Å²) < 4.78 is 0. The Morgan fingerprint density at radius 3 is 2.86 bits per heavy atom. The zero-order chi connectivity index (χ0) is 10.6. The molecule has 1 N–H and O–H groups in total. The van der Waals surface area contributed by atoms with E-state index >= 15 is 0 Å². The summed E-state index contributed by atoms with van der Waals surface area (Å²) in [5, 5.41) is 9.45. The van der Waals surface area contributed by atoms with Crippen LogP contribution in [-0.4, -0.2) is 11.7 Å². The normalized spacial score (nSPS) is 10.2. The van der Waals surface area contributed by atoms with Crippen LogP contribution in [-0.2, 0) is 0 Å². The van der Waals surface area contributed by atoms with E-state index in [1.54, 1.807) is 0 Å². The van der Waals surface area contributed by atoms with Crippen molar-refractivity contribution in [1.82, 2.24) is 0 Å². The smallest absolute Gasteiger partial charge is 0.0434 e. The predicted molar refractivity (Wildman–Crippen MR) is 61.5 cm³/mol. The van der Waals surface area contributed by atoms with E-state index in [0.717, 1.165) is 29.0 Å². The third-order valence-corrected chi connectivity index (χ3v) is 2.45. The Kier molecular flexibility index (Phi) is 4.18. The van der Waals surface area contributed by atoms with Crippen LogP contribution in [0.25, 0.3) is 5.57 Å². The van der Waals surface area contributed by atoms with Crippen molar-refractivity contribution in [2.75, 3.05) is 6.61 Å². The number of aryl methyl sites for hydroxylation is 1. The molecule has 1 nitrogen and oxygen atoms in total. The first-order valence-corrected chi connectivity index (χ1v) is 5.08. The number of hydrogen-bond donors (Lipinski definition) is 1. The molecule has 0 atom stereocenters. The monoisotopic (exact) mass is 210 g/mol. The molecule has 1 aromatic rings. The maximum Gasteiger partial charge on any atom is 0.0434 e. The second kappa shape index (κ2) is 5.18. The number of rotatable bonds is 4. The van der Waals surface area contributed by atoms with Crippen molar-refractivity contribution in [2.45, 2.75) is 19.8 Å². The quantitative estimate of drug-likeness (QED) is 0.808. The van der Waals surface area contributed by atoms with Gasteiger partial charge in [-0.15, -0.1) is 0 Å².